The van der Waals surface area contributed by atoms with Crippen LogP contribution in [-0.4, -0.2) is 70.1 Å². The highest BCUT2D eigenvalue weighted by Crippen LogP contribution is 2.76. The van der Waals surface area contributed by atoms with Crippen molar-refractivity contribution in [3.05, 3.63) is 11.1 Å². The van der Waals surface area contributed by atoms with Gasteiger partial charge in [0.15, 0.2) is 0 Å². The predicted molar refractivity (Wildman–Crippen MR) is 115 cm³/mol. The quantitative estimate of drug-likeness (QED) is 0.302. The van der Waals surface area contributed by atoms with Crippen LogP contribution in [0, 0.1) is 28.6 Å². The number of aliphatic hydroxyl groups is 1. The van der Waals surface area contributed by atoms with E-state index in [1.165, 1.54) is 12.0 Å². The number of methoxy groups -OCH3 is 1. The molecular weight excluding hydrogens is 396 g/mol. The highest BCUT2D eigenvalue weighted by molar-refractivity contribution is 5.90. The number of allylic oxidation sites excluding steroid dienone is 1. The van der Waals surface area contributed by atoms with Crippen molar-refractivity contribution in [2.24, 2.45) is 39.3 Å². The van der Waals surface area contributed by atoms with Crippen molar-refractivity contribution >= 4 is 11.9 Å². The Morgan fingerprint density at radius 1 is 1.42 bits per heavy atom. The number of quaternary nitrogens is 1. The number of carboxylic acids is 1. The van der Waals surface area contributed by atoms with Crippen LogP contribution in [0.4, 0.5) is 0 Å². The summed E-state index contributed by atoms with van der Waals surface area (Å²) in [4.78, 5) is 17.9. The second-order valence-corrected chi connectivity index (χ2v) is 10.4. The van der Waals surface area contributed by atoms with E-state index in [1.807, 2.05) is 7.05 Å². The maximum Gasteiger partial charge on any atom is 0.293 e. The van der Waals surface area contributed by atoms with Gasteiger partial charge in [0, 0.05) is 37.0 Å². The molecular formula is C23H38N4O4. The number of carbonyl (C=O) groups is 1. The number of nitrogens with one attached hydrogen (secondary N) is 2. The normalized spacial score (nSPS) is 44.7. The summed E-state index contributed by atoms with van der Waals surface area (Å²) in [5.41, 5.74) is 5.30. The molecule has 3 aliphatic carbocycles. The summed E-state index contributed by atoms with van der Waals surface area (Å²) in [6.07, 6.45) is 4.22. The molecule has 1 saturated heterocycles. The minimum Gasteiger partial charge on any atom is -0.545 e. The number of guanidine groups is 1. The minimum atomic E-state index is -1.52. The molecule has 174 valence electrons. The SMILES string of the molecule is CN=C(N)[NH+]1CCC(CNC)C2(C1)C1CCC(C)C23CC(O)(COC)C(C(=O)[O-])=C3C1. The van der Waals surface area contributed by atoms with Gasteiger partial charge in [-0.2, -0.15) is 0 Å². The maximum absolute atomic E-state index is 12.4. The van der Waals surface area contributed by atoms with Crippen LogP contribution in [-0.2, 0) is 9.53 Å². The molecule has 0 aromatic carbocycles. The molecule has 4 aliphatic rings. The van der Waals surface area contributed by atoms with Crippen LogP contribution in [0.5, 0.6) is 0 Å². The summed E-state index contributed by atoms with van der Waals surface area (Å²) in [5.74, 6) is 0.385. The molecule has 31 heavy (non-hydrogen) atoms. The molecule has 8 nitrogen and oxygen atoms in total. The molecule has 8 heteroatoms. The molecule has 2 spiro atoms. The van der Waals surface area contributed by atoms with Gasteiger partial charge in [-0.1, -0.05) is 12.5 Å². The standard InChI is InChI=1S/C23H38N4O4/c1-14-5-6-15-9-17-18(19(28)29)21(30,13-31-4)11-22(14,17)23(15)12-27(20(24)26-3)8-7-16(23)10-25-2/h14-16,25,30H,5-13H2,1-4H3,(H2,24,26)(H,28,29). The van der Waals surface area contributed by atoms with Gasteiger partial charge in [0.1, 0.15) is 5.60 Å². The lowest BCUT2D eigenvalue weighted by Crippen LogP contribution is -3.19. The van der Waals surface area contributed by atoms with Crippen LogP contribution in [0.1, 0.15) is 39.0 Å². The number of hydrogen-bond acceptors (Lipinski definition) is 6. The van der Waals surface area contributed by atoms with Gasteiger partial charge < -0.3 is 30.8 Å². The van der Waals surface area contributed by atoms with Crippen molar-refractivity contribution in [2.45, 2.75) is 44.6 Å². The van der Waals surface area contributed by atoms with E-state index >= 15 is 0 Å². The Labute approximate surface area is 184 Å². The van der Waals surface area contributed by atoms with E-state index < -0.39 is 11.6 Å². The summed E-state index contributed by atoms with van der Waals surface area (Å²) < 4.78 is 5.34. The van der Waals surface area contributed by atoms with Gasteiger partial charge in [-0.25, -0.2) is 4.99 Å². The monoisotopic (exact) mass is 434 g/mol. The number of nitrogens with two attached hydrogens (primary N) is 1. The van der Waals surface area contributed by atoms with E-state index in [1.54, 1.807) is 7.05 Å². The number of likely N-dealkylation sites (tertiary alicyclic amines) is 1. The van der Waals surface area contributed by atoms with E-state index in [0.717, 1.165) is 50.9 Å². The number of nitrogens with zero attached hydrogens (tertiary/aromatic N) is 1. The Bertz CT molecular complexity index is 813. The zero-order valence-corrected chi connectivity index (χ0v) is 19.3. The molecule has 5 N–H and O–H groups in total. The summed E-state index contributed by atoms with van der Waals surface area (Å²) in [6.45, 7) is 4.84. The third-order valence-corrected chi connectivity index (χ3v) is 9.35. The number of piperidine rings is 1. The van der Waals surface area contributed by atoms with Gasteiger partial charge in [0.2, 0.25) is 0 Å². The minimum absolute atomic E-state index is 0.0269. The van der Waals surface area contributed by atoms with Crippen LogP contribution in [0.2, 0.25) is 0 Å². The summed E-state index contributed by atoms with van der Waals surface area (Å²) in [7, 11) is 5.23. The fourth-order valence-corrected chi connectivity index (χ4v) is 8.44. The molecule has 2 bridgehead atoms. The molecule has 0 aromatic heterocycles. The van der Waals surface area contributed by atoms with E-state index in [0.29, 0.717) is 24.2 Å². The summed E-state index contributed by atoms with van der Waals surface area (Å²) in [5, 5.41) is 27.4. The topological polar surface area (TPSA) is 124 Å². The average molecular weight is 435 g/mol. The van der Waals surface area contributed by atoms with Gasteiger partial charge in [-0.05, 0) is 57.0 Å². The molecule has 1 aliphatic heterocycles. The van der Waals surface area contributed by atoms with E-state index in [4.69, 9.17) is 10.5 Å². The Balaban J connectivity index is 1.95. The molecule has 1 heterocycles. The largest absolute Gasteiger partial charge is 0.545 e. The predicted octanol–water partition coefficient (Wildman–Crippen LogP) is -1.69. The van der Waals surface area contributed by atoms with Crippen molar-refractivity contribution in [1.82, 2.24) is 5.32 Å². The zero-order valence-electron chi connectivity index (χ0n) is 19.3. The molecule has 3 fully saturated rings. The number of ether oxygens (including phenoxy) is 1. The van der Waals surface area contributed by atoms with Crippen LogP contribution in [0.15, 0.2) is 16.1 Å². The van der Waals surface area contributed by atoms with Crippen LogP contribution >= 0.6 is 0 Å². The van der Waals surface area contributed by atoms with Gasteiger partial charge >= 0.3 is 0 Å². The first-order valence-electron chi connectivity index (χ1n) is 11.6. The number of hydrogen-bond donors (Lipinski definition) is 4. The first-order valence-corrected chi connectivity index (χ1v) is 11.6. The van der Waals surface area contributed by atoms with E-state index in [-0.39, 0.29) is 28.9 Å². The van der Waals surface area contributed by atoms with Crippen molar-refractivity contribution in [2.75, 3.05) is 47.4 Å². The molecule has 0 aromatic rings. The fraction of sp³-hybridized carbons (Fsp3) is 0.826. The van der Waals surface area contributed by atoms with Crippen LogP contribution in [0.3, 0.4) is 0 Å². The lowest BCUT2D eigenvalue weighted by Gasteiger charge is -2.60. The Morgan fingerprint density at radius 3 is 2.77 bits per heavy atom. The van der Waals surface area contributed by atoms with Crippen LogP contribution in [0.25, 0.3) is 0 Å². The number of carbonyl (C=O) groups excluding carboxylic acids is 1. The lowest BCUT2D eigenvalue weighted by molar-refractivity contribution is -0.828. The molecule has 4 rings (SSSR count). The van der Waals surface area contributed by atoms with Crippen molar-refractivity contribution in [3.8, 4) is 0 Å². The molecule has 0 radical (unpaired) electrons. The second-order valence-electron chi connectivity index (χ2n) is 10.4. The van der Waals surface area contributed by atoms with Gasteiger partial charge in [0.05, 0.1) is 25.7 Å². The molecule has 2 saturated carbocycles. The van der Waals surface area contributed by atoms with Gasteiger partial charge in [-0.15, -0.1) is 0 Å². The Morgan fingerprint density at radius 2 is 2.16 bits per heavy atom. The maximum atomic E-state index is 12.4. The third-order valence-electron chi connectivity index (χ3n) is 9.35. The van der Waals surface area contributed by atoms with Gasteiger partial charge in [-0.3, -0.25) is 4.90 Å². The lowest BCUT2D eigenvalue weighted by atomic mass is 9.45. The van der Waals surface area contributed by atoms with Crippen LogP contribution < -0.4 is 21.1 Å². The number of carboxylic acid groups (broad SMARTS) is 1. The molecule has 7 unspecified atom stereocenters. The smallest absolute Gasteiger partial charge is 0.293 e. The first-order chi connectivity index (χ1) is 14.7. The van der Waals surface area contributed by atoms with Crippen molar-refractivity contribution in [3.63, 3.8) is 0 Å². The Kier molecular flexibility index (Phi) is 5.74. The van der Waals surface area contributed by atoms with Gasteiger partial charge in [0.25, 0.3) is 5.96 Å². The van der Waals surface area contributed by atoms with Crippen molar-refractivity contribution in [1.29, 1.82) is 0 Å². The average Bonchev–Trinajstić information content (AvgIpc) is 3.06. The Hall–Kier alpha value is -1.48. The number of aliphatic carboxylic acids is 1. The van der Waals surface area contributed by atoms with Crippen molar-refractivity contribution < 1.29 is 24.6 Å². The first kappa shape index (κ1) is 22.7. The molecule has 0 amide bonds. The highest BCUT2D eigenvalue weighted by atomic mass is 16.5. The summed E-state index contributed by atoms with van der Waals surface area (Å²) >= 11 is 0. The number of rotatable bonds is 5. The number of aliphatic imine (C=N–C) groups is 1. The van der Waals surface area contributed by atoms with E-state index in [2.05, 4.69) is 17.2 Å². The summed E-state index contributed by atoms with van der Waals surface area (Å²) in [6, 6.07) is 0. The molecule has 7 atom stereocenters. The fourth-order valence-electron chi connectivity index (χ4n) is 8.44. The highest BCUT2D eigenvalue weighted by Gasteiger charge is 2.75. The zero-order chi connectivity index (χ0) is 22.6. The second kappa shape index (κ2) is 7.83. The third kappa shape index (κ3) is 2.88. The van der Waals surface area contributed by atoms with E-state index in [9.17, 15) is 15.0 Å².